The van der Waals surface area contributed by atoms with Gasteiger partial charge in [0.05, 0.1) is 5.75 Å². The average Bonchev–Trinajstić information content (AvgIpc) is 2.44. The molecule has 0 spiro atoms. The summed E-state index contributed by atoms with van der Waals surface area (Å²) in [7, 11) is -1.46. The summed E-state index contributed by atoms with van der Waals surface area (Å²) in [5.41, 5.74) is 0.933. The van der Waals surface area contributed by atoms with Crippen LogP contribution < -0.4 is 0 Å². The van der Waals surface area contributed by atoms with Crippen LogP contribution in [-0.2, 0) is 14.6 Å². The molecular weight excluding hydrogens is 274 g/mol. The lowest BCUT2D eigenvalue weighted by Crippen LogP contribution is -2.38. The van der Waals surface area contributed by atoms with E-state index in [1.54, 1.807) is 27.0 Å². The second-order valence-electron chi connectivity index (χ2n) is 4.74. The van der Waals surface area contributed by atoms with Gasteiger partial charge in [0, 0.05) is 24.9 Å². The molecule has 0 aliphatic carbocycles. The minimum absolute atomic E-state index is 0.00901. The van der Waals surface area contributed by atoms with Gasteiger partial charge in [0.15, 0.2) is 9.84 Å². The van der Waals surface area contributed by atoms with Crippen molar-refractivity contribution < 1.29 is 13.2 Å². The summed E-state index contributed by atoms with van der Waals surface area (Å²) in [4.78, 5) is 13.4. The van der Waals surface area contributed by atoms with Gasteiger partial charge in [-0.05, 0) is 18.6 Å². The van der Waals surface area contributed by atoms with E-state index in [0.717, 1.165) is 5.56 Å². The molecule has 0 N–H and O–H groups in total. The van der Waals surface area contributed by atoms with Gasteiger partial charge in [0.2, 0.25) is 5.91 Å². The van der Waals surface area contributed by atoms with E-state index in [1.165, 1.54) is 11.0 Å². The standard InChI is InChI=1S/C15H21NO3S/c1-4-20(18,19)12-13(2)16(3)15(17)11-10-14-8-6-5-7-9-14/h5-11,13H,4,12H2,1-3H3. The van der Waals surface area contributed by atoms with Gasteiger partial charge in [-0.1, -0.05) is 37.3 Å². The van der Waals surface area contributed by atoms with E-state index in [4.69, 9.17) is 0 Å². The molecule has 0 saturated carbocycles. The number of rotatable bonds is 6. The van der Waals surface area contributed by atoms with Gasteiger partial charge in [-0.3, -0.25) is 4.79 Å². The molecule has 4 nitrogen and oxygen atoms in total. The van der Waals surface area contributed by atoms with Gasteiger partial charge < -0.3 is 4.90 Å². The van der Waals surface area contributed by atoms with E-state index >= 15 is 0 Å². The molecule has 0 radical (unpaired) electrons. The number of hydrogen-bond acceptors (Lipinski definition) is 3. The highest BCUT2D eigenvalue weighted by molar-refractivity contribution is 7.91. The first-order valence-electron chi connectivity index (χ1n) is 6.56. The van der Waals surface area contributed by atoms with Crippen LogP contribution in [-0.4, -0.2) is 43.8 Å². The molecule has 1 unspecified atom stereocenters. The van der Waals surface area contributed by atoms with Crippen LogP contribution in [0, 0.1) is 0 Å². The van der Waals surface area contributed by atoms with Crippen molar-refractivity contribution in [2.24, 2.45) is 0 Å². The van der Waals surface area contributed by atoms with Crippen LogP contribution in [0.5, 0.6) is 0 Å². The Morgan fingerprint density at radius 2 is 1.90 bits per heavy atom. The third-order valence-electron chi connectivity index (χ3n) is 3.16. The lowest BCUT2D eigenvalue weighted by molar-refractivity contribution is -0.126. The molecule has 1 amide bonds. The number of sulfone groups is 1. The SMILES string of the molecule is CCS(=O)(=O)CC(C)N(C)C(=O)C=Cc1ccccc1. The molecule has 20 heavy (non-hydrogen) atoms. The van der Waals surface area contributed by atoms with Crippen molar-refractivity contribution >= 4 is 21.8 Å². The summed E-state index contributed by atoms with van der Waals surface area (Å²) in [6, 6.07) is 9.15. The summed E-state index contributed by atoms with van der Waals surface area (Å²) >= 11 is 0. The molecule has 0 bridgehead atoms. The van der Waals surface area contributed by atoms with Gasteiger partial charge >= 0.3 is 0 Å². The molecule has 1 aromatic carbocycles. The van der Waals surface area contributed by atoms with Gasteiger partial charge in [-0.2, -0.15) is 0 Å². The van der Waals surface area contributed by atoms with Crippen LogP contribution in [0.1, 0.15) is 19.4 Å². The maximum absolute atomic E-state index is 12.0. The van der Waals surface area contributed by atoms with E-state index < -0.39 is 9.84 Å². The Balaban J connectivity index is 2.65. The van der Waals surface area contributed by atoms with E-state index in [1.807, 2.05) is 30.3 Å². The Hall–Kier alpha value is -1.62. The van der Waals surface area contributed by atoms with Crippen LogP contribution >= 0.6 is 0 Å². The van der Waals surface area contributed by atoms with Crippen LogP contribution in [0.4, 0.5) is 0 Å². The summed E-state index contributed by atoms with van der Waals surface area (Å²) in [5.74, 6) is -0.114. The minimum atomic E-state index is -3.08. The fourth-order valence-corrected chi connectivity index (χ4v) is 2.86. The number of nitrogens with zero attached hydrogens (tertiary/aromatic N) is 1. The van der Waals surface area contributed by atoms with E-state index in [9.17, 15) is 13.2 Å². The molecule has 1 atom stereocenters. The Kier molecular flexibility index (Phi) is 5.95. The quantitative estimate of drug-likeness (QED) is 0.754. The van der Waals surface area contributed by atoms with Crippen molar-refractivity contribution in [3.63, 3.8) is 0 Å². The van der Waals surface area contributed by atoms with Crippen LogP contribution in [0.2, 0.25) is 0 Å². The third-order valence-corrected chi connectivity index (χ3v) is 5.03. The zero-order chi connectivity index (χ0) is 15.2. The van der Waals surface area contributed by atoms with Crippen LogP contribution in [0.25, 0.3) is 6.08 Å². The second-order valence-corrected chi connectivity index (χ2v) is 7.14. The number of hydrogen-bond donors (Lipinski definition) is 0. The van der Waals surface area contributed by atoms with Crippen LogP contribution in [0.3, 0.4) is 0 Å². The van der Waals surface area contributed by atoms with Crippen molar-refractivity contribution in [1.82, 2.24) is 4.90 Å². The minimum Gasteiger partial charge on any atom is -0.338 e. The largest absolute Gasteiger partial charge is 0.338 e. The monoisotopic (exact) mass is 295 g/mol. The Morgan fingerprint density at radius 1 is 1.30 bits per heavy atom. The van der Waals surface area contributed by atoms with Crippen molar-refractivity contribution in [3.8, 4) is 0 Å². The first kappa shape index (κ1) is 16.4. The summed E-state index contributed by atoms with van der Waals surface area (Å²) < 4.78 is 23.1. The van der Waals surface area contributed by atoms with Crippen molar-refractivity contribution in [2.75, 3.05) is 18.6 Å². The molecule has 0 aliphatic heterocycles. The van der Waals surface area contributed by atoms with E-state index in [2.05, 4.69) is 0 Å². The maximum atomic E-state index is 12.0. The third kappa shape index (κ3) is 5.17. The predicted octanol–water partition coefficient (Wildman–Crippen LogP) is 1.98. The maximum Gasteiger partial charge on any atom is 0.246 e. The highest BCUT2D eigenvalue weighted by Crippen LogP contribution is 2.05. The van der Waals surface area contributed by atoms with Crippen LogP contribution in [0.15, 0.2) is 36.4 Å². The molecule has 0 aliphatic rings. The molecule has 1 aromatic rings. The van der Waals surface area contributed by atoms with Crippen molar-refractivity contribution in [2.45, 2.75) is 19.9 Å². The van der Waals surface area contributed by atoms with E-state index in [-0.39, 0.29) is 23.5 Å². The van der Waals surface area contributed by atoms with Crippen molar-refractivity contribution in [3.05, 3.63) is 42.0 Å². The zero-order valence-corrected chi connectivity index (χ0v) is 12.9. The molecule has 0 heterocycles. The highest BCUT2D eigenvalue weighted by atomic mass is 32.2. The Bertz CT molecular complexity index is 564. The average molecular weight is 295 g/mol. The fraction of sp³-hybridized carbons (Fsp3) is 0.400. The van der Waals surface area contributed by atoms with Crippen molar-refractivity contribution in [1.29, 1.82) is 0 Å². The van der Waals surface area contributed by atoms with Gasteiger partial charge in [0.25, 0.3) is 0 Å². The lowest BCUT2D eigenvalue weighted by Gasteiger charge is -2.23. The van der Waals surface area contributed by atoms with Gasteiger partial charge in [0.1, 0.15) is 0 Å². The zero-order valence-electron chi connectivity index (χ0n) is 12.1. The molecule has 1 rings (SSSR count). The number of carbonyl (C=O) groups is 1. The normalized spacial score (nSPS) is 13.3. The van der Waals surface area contributed by atoms with Gasteiger partial charge in [-0.25, -0.2) is 8.42 Å². The predicted molar refractivity (Wildman–Crippen MR) is 82.0 cm³/mol. The topological polar surface area (TPSA) is 54.5 Å². The molecule has 0 fully saturated rings. The number of carbonyl (C=O) groups excluding carboxylic acids is 1. The van der Waals surface area contributed by atoms with E-state index in [0.29, 0.717) is 0 Å². The first-order chi connectivity index (χ1) is 9.35. The summed E-state index contributed by atoms with van der Waals surface area (Å²) in [5, 5.41) is 0. The smallest absolute Gasteiger partial charge is 0.246 e. The summed E-state index contributed by atoms with van der Waals surface area (Å²) in [6.07, 6.45) is 3.18. The van der Waals surface area contributed by atoms with Gasteiger partial charge in [-0.15, -0.1) is 0 Å². The molecule has 110 valence electrons. The fourth-order valence-electron chi connectivity index (χ4n) is 1.66. The number of benzene rings is 1. The number of likely N-dealkylation sites (N-methyl/N-ethyl adjacent to an activating group) is 1. The second kappa shape index (κ2) is 7.24. The Morgan fingerprint density at radius 3 is 2.45 bits per heavy atom. The lowest BCUT2D eigenvalue weighted by atomic mass is 10.2. The molecular formula is C15H21NO3S. The molecule has 0 saturated heterocycles. The number of amides is 1. The molecule has 5 heteroatoms. The first-order valence-corrected chi connectivity index (χ1v) is 8.38. The highest BCUT2D eigenvalue weighted by Gasteiger charge is 2.19. The molecule has 0 aromatic heterocycles. The summed E-state index contributed by atoms with van der Waals surface area (Å²) in [6.45, 7) is 3.35. The Labute approximate surface area is 121 Å².